The largest absolute Gasteiger partial charge is 0.316 e. The molecule has 1 fully saturated rings. The lowest BCUT2D eigenvalue weighted by molar-refractivity contribution is 0.341. The second-order valence-electron chi connectivity index (χ2n) is 5.48. The van der Waals surface area contributed by atoms with Crippen molar-refractivity contribution in [3.05, 3.63) is 0 Å². The summed E-state index contributed by atoms with van der Waals surface area (Å²) in [7, 11) is 0. The van der Waals surface area contributed by atoms with Gasteiger partial charge in [-0.15, -0.1) is 0 Å². The molecule has 1 aliphatic rings. The van der Waals surface area contributed by atoms with Crippen LogP contribution in [0.15, 0.2) is 0 Å². The summed E-state index contributed by atoms with van der Waals surface area (Å²) in [5.74, 6) is 0.994. The zero-order chi connectivity index (χ0) is 11.5. The molecule has 96 valence electrons. The Morgan fingerprint density at radius 3 is 2.31 bits per heavy atom. The van der Waals surface area contributed by atoms with Crippen LogP contribution in [0.1, 0.15) is 77.6 Å². The summed E-state index contributed by atoms with van der Waals surface area (Å²) in [5.41, 5.74) is 0. The molecular formula is C15H31N. The molecule has 0 heterocycles. The second kappa shape index (κ2) is 10.1. The first-order valence-electron chi connectivity index (χ1n) is 7.64. The topological polar surface area (TPSA) is 12.0 Å². The molecule has 0 amide bonds. The molecule has 1 aliphatic carbocycles. The first-order chi connectivity index (χ1) is 7.93. The van der Waals surface area contributed by atoms with Crippen molar-refractivity contribution in [2.45, 2.75) is 77.6 Å². The molecule has 0 unspecified atom stereocenters. The highest BCUT2D eigenvalue weighted by molar-refractivity contribution is 4.67. The number of hydrogen-bond donors (Lipinski definition) is 1. The highest BCUT2D eigenvalue weighted by Gasteiger charge is 2.11. The molecule has 0 aliphatic heterocycles. The molecular weight excluding hydrogens is 194 g/mol. The Hall–Kier alpha value is -0.0400. The van der Waals surface area contributed by atoms with Gasteiger partial charge in [0.1, 0.15) is 0 Å². The van der Waals surface area contributed by atoms with Gasteiger partial charge in [0, 0.05) is 0 Å². The fraction of sp³-hybridized carbons (Fsp3) is 1.00. The molecule has 16 heavy (non-hydrogen) atoms. The molecule has 1 N–H and O–H groups in total. The van der Waals surface area contributed by atoms with E-state index in [0.29, 0.717) is 0 Å². The number of hydrogen-bond acceptors (Lipinski definition) is 1. The lowest BCUT2D eigenvalue weighted by Crippen LogP contribution is -2.25. The molecule has 0 atom stereocenters. The van der Waals surface area contributed by atoms with Crippen LogP contribution in [0.4, 0.5) is 0 Å². The van der Waals surface area contributed by atoms with Crippen molar-refractivity contribution in [1.29, 1.82) is 0 Å². The highest BCUT2D eigenvalue weighted by atomic mass is 14.9. The Balaban J connectivity index is 1.77. The van der Waals surface area contributed by atoms with Crippen molar-refractivity contribution in [2.24, 2.45) is 5.92 Å². The van der Waals surface area contributed by atoms with Gasteiger partial charge < -0.3 is 5.32 Å². The Labute approximate surface area is 102 Å². The lowest BCUT2D eigenvalue weighted by Gasteiger charge is -2.21. The van der Waals surface area contributed by atoms with Gasteiger partial charge in [-0.2, -0.15) is 0 Å². The van der Waals surface area contributed by atoms with Crippen LogP contribution < -0.4 is 5.32 Å². The zero-order valence-electron chi connectivity index (χ0n) is 11.3. The molecule has 0 bridgehead atoms. The van der Waals surface area contributed by atoms with Crippen LogP contribution in [-0.2, 0) is 0 Å². The Bertz CT molecular complexity index is 138. The summed E-state index contributed by atoms with van der Waals surface area (Å²) < 4.78 is 0. The van der Waals surface area contributed by atoms with E-state index in [2.05, 4.69) is 12.2 Å². The summed E-state index contributed by atoms with van der Waals surface area (Å²) in [6.45, 7) is 4.82. The average Bonchev–Trinajstić information content (AvgIpc) is 2.34. The third-order valence-corrected chi connectivity index (χ3v) is 3.86. The van der Waals surface area contributed by atoms with Gasteiger partial charge in [0.05, 0.1) is 0 Å². The third-order valence-electron chi connectivity index (χ3n) is 3.86. The van der Waals surface area contributed by atoms with E-state index in [9.17, 15) is 0 Å². The van der Waals surface area contributed by atoms with Gasteiger partial charge in [0.25, 0.3) is 0 Å². The predicted molar refractivity (Wildman–Crippen MR) is 72.8 cm³/mol. The van der Waals surface area contributed by atoms with Gasteiger partial charge in [-0.25, -0.2) is 0 Å². The van der Waals surface area contributed by atoms with Gasteiger partial charge in [-0.3, -0.25) is 0 Å². The Kier molecular flexibility index (Phi) is 8.88. The van der Waals surface area contributed by atoms with Crippen LogP contribution in [0.2, 0.25) is 0 Å². The van der Waals surface area contributed by atoms with E-state index in [0.717, 1.165) is 5.92 Å². The van der Waals surface area contributed by atoms with E-state index in [1.54, 1.807) is 0 Å². The molecule has 0 aromatic carbocycles. The van der Waals surface area contributed by atoms with E-state index in [-0.39, 0.29) is 0 Å². The maximum atomic E-state index is 3.65. The van der Waals surface area contributed by atoms with E-state index >= 15 is 0 Å². The molecule has 1 saturated carbocycles. The van der Waals surface area contributed by atoms with Crippen molar-refractivity contribution in [3.8, 4) is 0 Å². The number of unbranched alkanes of at least 4 members (excludes halogenated alkanes) is 5. The van der Waals surface area contributed by atoms with Crippen LogP contribution in [-0.4, -0.2) is 13.1 Å². The van der Waals surface area contributed by atoms with Crippen molar-refractivity contribution in [1.82, 2.24) is 5.32 Å². The minimum Gasteiger partial charge on any atom is -0.316 e. The average molecular weight is 225 g/mol. The Morgan fingerprint density at radius 1 is 0.875 bits per heavy atom. The van der Waals surface area contributed by atoms with Gasteiger partial charge in [-0.05, 0) is 38.3 Å². The van der Waals surface area contributed by atoms with Gasteiger partial charge in [0.15, 0.2) is 0 Å². The minimum atomic E-state index is 0.994. The lowest BCUT2D eigenvalue weighted by atomic mass is 9.89. The maximum Gasteiger partial charge on any atom is -0.00205 e. The molecule has 1 rings (SSSR count). The molecule has 0 aromatic heterocycles. The third kappa shape index (κ3) is 7.27. The number of rotatable bonds is 9. The smallest absolute Gasteiger partial charge is 0.00205 e. The van der Waals surface area contributed by atoms with Gasteiger partial charge in [0.2, 0.25) is 0 Å². The SMILES string of the molecule is CCCCCCCCNCC1CCCCC1. The van der Waals surface area contributed by atoms with E-state index in [1.165, 1.54) is 83.7 Å². The van der Waals surface area contributed by atoms with Crippen molar-refractivity contribution >= 4 is 0 Å². The molecule has 1 heteroatoms. The normalized spacial score (nSPS) is 17.8. The monoisotopic (exact) mass is 225 g/mol. The molecule has 0 spiro atoms. The van der Waals surface area contributed by atoms with Gasteiger partial charge in [-0.1, -0.05) is 58.3 Å². The molecule has 0 radical (unpaired) electrons. The highest BCUT2D eigenvalue weighted by Crippen LogP contribution is 2.22. The predicted octanol–water partition coefficient (Wildman–Crippen LogP) is 4.52. The summed E-state index contributed by atoms with van der Waals surface area (Å²) in [6.07, 6.45) is 15.9. The summed E-state index contributed by atoms with van der Waals surface area (Å²) in [5, 5.41) is 3.65. The summed E-state index contributed by atoms with van der Waals surface area (Å²) in [4.78, 5) is 0. The van der Waals surface area contributed by atoms with Crippen molar-refractivity contribution < 1.29 is 0 Å². The van der Waals surface area contributed by atoms with Crippen LogP contribution in [0.5, 0.6) is 0 Å². The standard InChI is InChI=1S/C15H31N/c1-2-3-4-5-6-10-13-16-14-15-11-8-7-9-12-15/h15-16H,2-14H2,1H3. The fourth-order valence-electron chi connectivity index (χ4n) is 2.73. The second-order valence-corrected chi connectivity index (χ2v) is 5.48. The number of nitrogens with one attached hydrogen (secondary N) is 1. The van der Waals surface area contributed by atoms with Crippen LogP contribution >= 0.6 is 0 Å². The van der Waals surface area contributed by atoms with Crippen LogP contribution in [0.3, 0.4) is 0 Å². The van der Waals surface area contributed by atoms with Crippen molar-refractivity contribution in [3.63, 3.8) is 0 Å². The molecule has 0 saturated heterocycles. The van der Waals surface area contributed by atoms with Gasteiger partial charge >= 0.3 is 0 Å². The minimum absolute atomic E-state index is 0.994. The van der Waals surface area contributed by atoms with E-state index in [1.807, 2.05) is 0 Å². The summed E-state index contributed by atoms with van der Waals surface area (Å²) in [6, 6.07) is 0. The molecule has 1 nitrogen and oxygen atoms in total. The van der Waals surface area contributed by atoms with Crippen LogP contribution in [0.25, 0.3) is 0 Å². The Morgan fingerprint density at radius 2 is 1.56 bits per heavy atom. The van der Waals surface area contributed by atoms with E-state index < -0.39 is 0 Å². The fourth-order valence-corrected chi connectivity index (χ4v) is 2.73. The molecule has 0 aromatic rings. The quantitative estimate of drug-likeness (QED) is 0.569. The first-order valence-corrected chi connectivity index (χ1v) is 7.64. The van der Waals surface area contributed by atoms with E-state index in [4.69, 9.17) is 0 Å². The first kappa shape index (κ1) is 14.0. The van der Waals surface area contributed by atoms with Crippen molar-refractivity contribution in [2.75, 3.05) is 13.1 Å². The zero-order valence-corrected chi connectivity index (χ0v) is 11.3. The maximum absolute atomic E-state index is 3.65. The van der Waals surface area contributed by atoms with Crippen LogP contribution in [0, 0.1) is 5.92 Å². The summed E-state index contributed by atoms with van der Waals surface area (Å²) >= 11 is 0.